The molecule has 0 aliphatic carbocycles. The monoisotopic (exact) mass is 260 g/mol. The topological polar surface area (TPSA) is 72.4 Å². The lowest BCUT2D eigenvalue weighted by molar-refractivity contribution is -0.122. The number of pyridine rings is 1. The summed E-state index contributed by atoms with van der Waals surface area (Å²) in [5.41, 5.74) is 8.63. The second-order valence-corrected chi connectivity index (χ2v) is 4.77. The Hall–Kier alpha value is -1.88. The first-order valence-corrected chi connectivity index (χ1v) is 6.58. The number of nitrogens with one attached hydrogen (secondary N) is 1. The fraction of sp³-hybridized carbons (Fsp3) is 0.429. The van der Waals surface area contributed by atoms with Crippen LogP contribution in [-0.2, 0) is 11.3 Å². The summed E-state index contributed by atoms with van der Waals surface area (Å²) < 4.78 is 1.96. The second-order valence-electron chi connectivity index (χ2n) is 4.77. The Labute approximate surface area is 112 Å². The Balaban J connectivity index is 2.02. The molecule has 1 unspecified atom stereocenters. The lowest BCUT2D eigenvalue weighted by Gasteiger charge is -2.09. The van der Waals surface area contributed by atoms with Gasteiger partial charge in [0.15, 0.2) is 0 Å². The number of aromatic nitrogens is 2. The molecular weight excluding hydrogens is 240 g/mol. The van der Waals surface area contributed by atoms with Crippen LogP contribution in [0.25, 0.3) is 5.65 Å². The van der Waals surface area contributed by atoms with Crippen LogP contribution in [0.3, 0.4) is 0 Å². The third-order valence-electron chi connectivity index (χ3n) is 3.11. The highest BCUT2D eigenvalue weighted by Crippen LogP contribution is 2.09. The zero-order valence-electron chi connectivity index (χ0n) is 11.4. The third kappa shape index (κ3) is 3.12. The average Bonchev–Trinajstić information content (AvgIpc) is 2.80. The highest BCUT2D eigenvalue weighted by Gasteiger charge is 2.12. The minimum absolute atomic E-state index is 0.115. The molecule has 0 aliphatic heterocycles. The molecular formula is C14H20N4O. The van der Waals surface area contributed by atoms with E-state index in [1.807, 2.05) is 42.8 Å². The molecule has 0 radical (unpaired) electrons. The largest absolute Gasteiger partial charge is 0.349 e. The molecule has 2 rings (SSSR count). The Morgan fingerprint density at radius 2 is 2.37 bits per heavy atom. The molecule has 102 valence electrons. The van der Waals surface area contributed by atoms with Crippen LogP contribution in [-0.4, -0.2) is 21.3 Å². The Morgan fingerprint density at radius 3 is 3.05 bits per heavy atom. The van der Waals surface area contributed by atoms with Crippen LogP contribution in [0.15, 0.2) is 24.5 Å². The minimum Gasteiger partial charge on any atom is -0.349 e. The van der Waals surface area contributed by atoms with E-state index in [1.54, 1.807) is 0 Å². The summed E-state index contributed by atoms with van der Waals surface area (Å²) in [7, 11) is 0. The molecule has 0 aromatic carbocycles. The molecule has 1 atom stereocenters. The number of rotatable bonds is 5. The molecule has 0 saturated carbocycles. The third-order valence-corrected chi connectivity index (χ3v) is 3.11. The van der Waals surface area contributed by atoms with E-state index in [-0.39, 0.29) is 5.91 Å². The summed E-state index contributed by atoms with van der Waals surface area (Å²) in [6.45, 7) is 4.44. The van der Waals surface area contributed by atoms with Gasteiger partial charge in [-0.2, -0.15) is 0 Å². The zero-order valence-corrected chi connectivity index (χ0v) is 11.4. The van der Waals surface area contributed by atoms with Gasteiger partial charge in [-0.3, -0.25) is 4.79 Å². The van der Waals surface area contributed by atoms with Gasteiger partial charge in [-0.25, -0.2) is 4.98 Å². The summed E-state index contributed by atoms with van der Waals surface area (Å²) >= 11 is 0. The van der Waals surface area contributed by atoms with Crippen LogP contribution < -0.4 is 11.1 Å². The molecule has 2 aromatic heterocycles. The van der Waals surface area contributed by atoms with Crippen molar-refractivity contribution in [2.45, 2.75) is 39.3 Å². The van der Waals surface area contributed by atoms with E-state index in [9.17, 15) is 4.79 Å². The van der Waals surface area contributed by atoms with E-state index in [2.05, 4.69) is 10.3 Å². The number of nitrogens with two attached hydrogens (primary N) is 1. The van der Waals surface area contributed by atoms with Gasteiger partial charge in [-0.05, 0) is 25.0 Å². The molecule has 5 heteroatoms. The lowest BCUT2D eigenvalue weighted by Crippen LogP contribution is -2.40. The fourth-order valence-electron chi connectivity index (χ4n) is 2.04. The number of hydrogen-bond donors (Lipinski definition) is 2. The quantitative estimate of drug-likeness (QED) is 0.853. The number of carbonyl (C=O) groups is 1. The molecule has 0 fully saturated rings. The highest BCUT2D eigenvalue weighted by molar-refractivity contribution is 5.81. The maximum absolute atomic E-state index is 11.7. The van der Waals surface area contributed by atoms with Gasteiger partial charge in [0.1, 0.15) is 5.65 Å². The molecule has 0 bridgehead atoms. The number of carbonyl (C=O) groups excluding carboxylic acids is 1. The van der Waals surface area contributed by atoms with Crippen molar-refractivity contribution in [3.8, 4) is 0 Å². The summed E-state index contributed by atoms with van der Waals surface area (Å²) in [5, 5.41) is 2.82. The van der Waals surface area contributed by atoms with Crippen molar-refractivity contribution in [2.75, 3.05) is 0 Å². The van der Waals surface area contributed by atoms with Crippen molar-refractivity contribution in [3.05, 3.63) is 35.8 Å². The van der Waals surface area contributed by atoms with E-state index < -0.39 is 6.04 Å². The Kier molecular flexibility index (Phi) is 4.16. The normalized spacial score (nSPS) is 12.6. The summed E-state index contributed by atoms with van der Waals surface area (Å²) in [4.78, 5) is 16.2. The SMILES string of the molecule is CCCC(N)C(=O)NCc1cn2cccc(C)c2n1. The molecule has 19 heavy (non-hydrogen) atoms. The number of hydrogen-bond acceptors (Lipinski definition) is 3. The molecule has 0 aliphatic rings. The number of imidazole rings is 1. The Bertz CT molecular complexity index is 576. The van der Waals surface area contributed by atoms with E-state index in [1.165, 1.54) is 0 Å². The summed E-state index contributed by atoms with van der Waals surface area (Å²) in [5.74, 6) is -0.115. The van der Waals surface area contributed by atoms with Crippen molar-refractivity contribution >= 4 is 11.6 Å². The van der Waals surface area contributed by atoms with Crippen molar-refractivity contribution < 1.29 is 4.79 Å². The molecule has 3 N–H and O–H groups in total. The standard InChI is InChI=1S/C14H20N4O/c1-3-5-12(15)14(19)16-8-11-9-18-7-4-6-10(2)13(18)17-11/h4,6-7,9,12H,3,5,8,15H2,1-2H3,(H,16,19). The van der Waals surface area contributed by atoms with E-state index in [0.29, 0.717) is 13.0 Å². The van der Waals surface area contributed by atoms with Crippen LogP contribution in [0.2, 0.25) is 0 Å². The predicted octanol–water partition coefficient (Wildman–Crippen LogP) is 1.39. The lowest BCUT2D eigenvalue weighted by atomic mass is 10.2. The van der Waals surface area contributed by atoms with Crippen molar-refractivity contribution in [1.29, 1.82) is 0 Å². The first-order valence-electron chi connectivity index (χ1n) is 6.58. The molecule has 0 saturated heterocycles. The number of nitrogens with zero attached hydrogens (tertiary/aromatic N) is 2. The molecule has 0 spiro atoms. The van der Waals surface area contributed by atoms with Crippen LogP contribution in [0.1, 0.15) is 31.0 Å². The number of aryl methyl sites for hydroxylation is 1. The number of fused-ring (bicyclic) bond motifs is 1. The molecule has 2 aromatic rings. The predicted molar refractivity (Wildman–Crippen MR) is 74.7 cm³/mol. The minimum atomic E-state index is -0.427. The smallest absolute Gasteiger partial charge is 0.237 e. The average molecular weight is 260 g/mol. The molecule has 2 heterocycles. The van der Waals surface area contributed by atoms with Gasteiger partial charge in [0.2, 0.25) is 5.91 Å². The first-order chi connectivity index (χ1) is 9.11. The van der Waals surface area contributed by atoms with Gasteiger partial charge >= 0.3 is 0 Å². The van der Waals surface area contributed by atoms with Crippen LogP contribution in [0.5, 0.6) is 0 Å². The fourth-order valence-corrected chi connectivity index (χ4v) is 2.04. The van der Waals surface area contributed by atoms with E-state index >= 15 is 0 Å². The second kappa shape index (κ2) is 5.84. The van der Waals surface area contributed by atoms with Gasteiger partial charge in [0.25, 0.3) is 0 Å². The van der Waals surface area contributed by atoms with Gasteiger partial charge in [0.05, 0.1) is 18.3 Å². The molecule has 5 nitrogen and oxygen atoms in total. The van der Waals surface area contributed by atoms with Crippen molar-refractivity contribution in [3.63, 3.8) is 0 Å². The van der Waals surface area contributed by atoms with Gasteiger partial charge < -0.3 is 15.5 Å². The van der Waals surface area contributed by atoms with Crippen LogP contribution in [0, 0.1) is 6.92 Å². The summed E-state index contributed by atoms with van der Waals surface area (Å²) in [6.07, 6.45) is 5.48. The van der Waals surface area contributed by atoms with Gasteiger partial charge in [0, 0.05) is 12.4 Å². The van der Waals surface area contributed by atoms with Crippen molar-refractivity contribution in [2.24, 2.45) is 5.73 Å². The molecule has 1 amide bonds. The highest BCUT2D eigenvalue weighted by atomic mass is 16.2. The Morgan fingerprint density at radius 1 is 1.58 bits per heavy atom. The van der Waals surface area contributed by atoms with Crippen LogP contribution in [0.4, 0.5) is 0 Å². The van der Waals surface area contributed by atoms with Gasteiger partial charge in [-0.1, -0.05) is 19.4 Å². The van der Waals surface area contributed by atoms with E-state index in [0.717, 1.165) is 23.3 Å². The maximum atomic E-state index is 11.7. The zero-order chi connectivity index (χ0) is 13.8. The van der Waals surface area contributed by atoms with E-state index in [4.69, 9.17) is 5.73 Å². The van der Waals surface area contributed by atoms with Crippen LogP contribution >= 0.6 is 0 Å². The summed E-state index contributed by atoms with van der Waals surface area (Å²) in [6, 6.07) is 3.56. The maximum Gasteiger partial charge on any atom is 0.237 e. The first kappa shape index (κ1) is 13.5. The van der Waals surface area contributed by atoms with Gasteiger partial charge in [-0.15, -0.1) is 0 Å². The number of amides is 1. The van der Waals surface area contributed by atoms with Crippen molar-refractivity contribution in [1.82, 2.24) is 14.7 Å².